The lowest BCUT2D eigenvalue weighted by Gasteiger charge is -2.37. The molecule has 18 heavy (non-hydrogen) atoms. The van der Waals surface area contributed by atoms with Gasteiger partial charge in [0.1, 0.15) is 0 Å². The minimum absolute atomic E-state index is 0.828. The van der Waals surface area contributed by atoms with Gasteiger partial charge in [0, 0.05) is 12.1 Å². The van der Waals surface area contributed by atoms with E-state index in [2.05, 4.69) is 26.1 Å². The highest BCUT2D eigenvalue weighted by Gasteiger charge is 2.27. The van der Waals surface area contributed by atoms with Crippen LogP contribution in [0.2, 0.25) is 0 Å². The highest BCUT2D eigenvalue weighted by atomic mass is 15.0. The van der Waals surface area contributed by atoms with E-state index >= 15 is 0 Å². The fourth-order valence-corrected chi connectivity index (χ4v) is 4.06. The largest absolute Gasteiger partial charge is 0.311 e. The average Bonchev–Trinajstić information content (AvgIpc) is 2.40. The van der Waals surface area contributed by atoms with Crippen molar-refractivity contribution in [3.05, 3.63) is 0 Å². The van der Waals surface area contributed by atoms with Gasteiger partial charge < -0.3 is 5.32 Å². The first-order valence-electron chi connectivity index (χ1n) is 8.45. The molecular weight excluding hydrogens is 218 g/mol. The predicted molar refractivity (Wildman–Crippen MR) is 79.8 cm³/mol. The number of nitrogens with one attached hydrogen (secondary N) is 1. The third-order valence-corrected chi connectivity index (χ3v) is 5.55. The van der Waals surface area contributed by atoms with Crippen molar-refractivity contribution in [1.82, 2.24) is 5.32 Å². The van der Waals surface area contributed by atoms with Crippen LogP contribution >= 0.6 is 0 Å². The van der Waals surface area contributed by atoms with Crippen LogP contribution in [-0.4, -0.2) is 12.1 Å². The first-order valence-corrected chi connectivity index (χ1v) is 8.45. The van der Waals surface area contributed by atoms with Gasteiger partial charge in [-0.2, -0.15) is 0 Å². The van der Waals surface area contributed by atoms with Crippen molar-refractivity contribution in [3.63, 3.8) is 0 Å². The molecular formula is C17H33N. The monoisotopic (exact) mass is 251 g/mol. The van der Waals surface area contributed by atoms with Crippen LogP contribution in [0.4, 0.5) is 0 Å². The van der Waals surface area contributed by atoms with Crippen LogP contribution in [-0.2, 0) is 0 Å². The van der Waals surface area contributed by atoms with Gasteiger partial charge in [-0.25, -0.2) is 0 Å². The summed E-state index contributed by atoms with van der Waals surface area (Å²) in [5.74, 6) is 2.88. The van der Waals surface area contributed by atoms with Gasteiger partial charge >= 0.3 is 0 Å². The maximum atomic E-state index is 3.99. The molecule has 0 aromatic heterocycles. The second kappa shape index (κ2) is 6.93. The Labute approximate surface area is 114 Å². The van der Waals surface area contributed by atoms with E-state index in [0.29, 0.717) is 0 Å². The standard InChI is InChI=1S/C17H33N/c1-4-14-8-10-16(11-9-14)18-17-7-5-6-15(12-17)13(2)3/h13-18H,4-12H2,1-3H3. The predicted octanol–water partition coefficient (Wildman–Crippen LogP) is 4.76. The Morgan fingerprint density at radius 2 is 1.67 bits per heavy atom. The zero-order chi connectivity index (χ0) is 13.0. The third-order valence-electron chi connectivity index (χ3n) is 5.55. The van der Waals surface area contributed by atoms with Gasteiger partial charge in [0.25, 0.3) is 0 Å². The maximum absolute atomic E-state index is 3.99. The molecule has 1 nitrogen and oxygen atoms in total. The second-order valence-electron chi connectivity index (χ2n) is 7.16. The van der Waals surface area contributed by atoms with Gasteiger partial charge in [0.05, 0.1) is 0 Å². The molecule has 2 aliphatic rings. The normalized spacial score (nSPS) is 38.0. The van der Waals surface area contributed by atoms with Crippen LogP contribution in [0.15, 0.2) is 0 Å². The lowest BCUT2D eigenvalue weighted by molar-refractivity contribution is 0.197. The van der Waals surface area contributed by atoms with Crippen molar-refractivity contribution in [2.24, 2.45) is 17.8 Å². The van der Waals surface area contributed by atoms with Gasteiger partial charge in [0.2, 0.25) is 0 Å². The van der Waals surface area contributed by atoms with E-state index in [9.17, 15) is 0 Å². The summed E-state index contributed by atoms with van der Waals surface area (Å²) in [7, 11) is 0. The molecule has 0 saturated heterocycles. The van der Waals surface area contributed by atoms with Gasteiger partial charge in [0.15, 0.2) is 0 Å². The maximum Gasteiger partial charge on any atom is 0.00723 e. The molecule has 0 aliphatic heterocycles. The van der Waals surface area contributed by atoms with Gasteiger partial charge in [-0.05, 0) is 56.3 Å². The summed E-state index contributed by atoms with van der Waals surface area (Å²) >= 11 is 0. The molecule has 1 heteroatoms. The van der Waals surface area contributed by atoms with Crippen molar-refractivity contribution in [1.29, 1.82) is 0 Å². The Balaban J connectivity index is 1.73. The molecule has 0 amide bonds. The molecule has 2 saturated carbocycles. The van der Waals surface area contributed by atoms with Crippen molar-refractivity contribution in [3.8, 4) is 0 Å². The topological polar surface area (TPSA) is 12.0 Å². The second-order valence-corrected chi connectivity index (χ2v) is 7.16. The summed E-state index contributed by atoms with van der Waals surface area (Å²) in [6.07, 6.45) is 13.0. The first kappa shape index (κ1) is 14.4. The molecule has 0 aromatic rings. The lowest BCUT2D eigenvalue weighted by atomic mass is 9.78. The first-order chi connectivity index (χ1) is 8.69. The summed E-state index contributed by atoms with van der Waals surface area (Å²) in [5.41, 5.74) is 0. The zero-order valence-corrected chi connectivity index (χ0v) is 12.8. The molecule has 2 aliphatic carbocycles. The molecule has 0 heterocycles. The molecule has 1 N–H and O–H groups in total. The van der Waals surface area contributed by atoms with Gasteiger partial charge in [-0.3, -0.25) is 0 Å². The molecule has 0 radical (unpaired) electrons. The Morgan fingerprint density at radius 1 is 0.944 bits per heavy atom. The van der Waals surface area contributed by atoms with E-state index in [4.69, 9.17) is 0 Å². The van der Waals surface area contributed by atoms with Crippen LogP contribution in [0.25, 0.3) is 0 Å². The minimum Gasteiger partial charge on any atom is -0.311 e. The smallest absolute Gasteiger partial charge is 0.00723 e. The molecule has 2 unspecified atom stereocenters. The average molecular weight is 251 g/mol. The summed E-state index contributed by atoms with van der Waals surface area (Å²) in [6.45, 7) is 7.16. The van der Waals surface area contributed by atoms with E-state index in [0.717, 1.165) is 29.8 Å². The van der Waals surface area contributed by atoms with E-state index in [1.807, 2.05) is 0 Å². The molecule has 0 spiro atoms. The van der Waals surface area contributed by atoms with Crippen LogP contribution in [0.1, 0.15) is 78.6 Å². The molecule has 2 rings (SSSR count). The van der Waals surface area contributed by atoms with Crippen LogP contribution in [0, 0.1) is 17.8 Å². The summed E-state index contributed by atoms with van der Waals surface area (Å²) in [6, 6.07) is 1.66. The van der Waals surface area contributed by atoms with E-state index < -0.39 is 0 Å². The Hall–Kier alpha value is -0.0400. The fraction of sp³-hybridized carbons (Fsp3) is 1.00. The van der Waals surface area contributed by atoms with Gasteiger partial charge in [-0.1, -0.05) is 40.0 Å². The Morgan fingerprint density at radius 3 is 2.28 bits per heavy atom. The quantitative estimate of drug-likeness (QED) is 0.759. The third kappa shape index (κ3) is 3.98. The highest BCUT2D eigenvalue weighted by molar-refractivity contribution is 4.84. The zero-order valence-electron chi connectivity index (χ0n) is 12.8. The van der Waals surface area contributed by atoms with Crippen molar-refractivity contribution in [2.75, 3.05) is 0 Å². The van der Waals surface area contributed by atoms with E-state index in [-0.39, 0.29) is 0 Å². The van der Waals surface area contributed by atoms with E-state index in [1.165, 1.54) is 57.8 Å². The Kier molecular flexibility index (Phi) is 5.54. The molecule has 0 bridgehead atoms. The van der Waals surface area contributed by atoms with Gasteiger partial charge in [-0.15, -0.1) is 0 Å². The SMILES string of the molecule is CCC1CCC(NC2CCCC(C(C)C)C2)CC1. The van der Waals surface area contributed by atoms with Crippen molar-refractivity contribution in [2.45, 2.75) is 90.6 Å². The molecule has 2 atom stereocenters. The summed E-state index contributed by atoms with van der Waals surface area (Å²) < 4.78 is 0. The number of hydrogen-bond acceptors (Lipinski definition) is 1. The molecule has 106 valence electrons. The number of hydrogen-bond donors (Lipinski definition) is 1. The Bertz CT molecular complexity index is 228. The van der Waals surface area contributed by atoms with E-state index in [1.54, 1.807) is 0 Å². The van der Waals surface area contributed by atoms with Crippen LogP contribution in [0.5, 0.6) is 0 Å². The highest BCUT2D eigenvalue weighted by Crippen LogP contribution is 2.32. The molecule has 0 aromatic carbocycles. The van der Waals surface area contributed by atoms with Crippen LogP contribution < -0.4 is 5.32 Å². The van der Waals surface area contributed by atoms with Crippen molar-refractivity contribution >= 4 is 0 Å². The fourth-order valence-electron chi connectivity index (χ4n) is 4.06. The molecule has 2 fully saturated rings. The number of rotatable bonds is 4. The summed E-state index contributed by atoms with van der Waals surface area (Å²) in [5, 5.41) is 3.99. The van der Waals surface area contributed by atoms with Crippen molar-refractivity contribution < 1.29 is 0 Å². The summed E-state index contributed by atoms with van der Waals surface area (Å²) in [4.78, 5) is 0. The van der Waals surface area contributed by atoms with Crippen LogP contribution in [0.3, 0.4) is 0 Å². The lowest BCUT2D eigenvalue weighted by Crippen LogP contribution is -2.43. The minimum atomic E-state index is 0.828.